The minimum Gasteiger partial charge on any atom is -0.372 e. The molecular formula is C21H31N5O. The second kappa shape index (κ2) is 10.5. The average molecular weight is 370 g/mol. The molecule has 0 saturated carbocycles. The van der Waals surface area contributed by atoms with E-state index in [0.717, 1.165) is 56.2 Å². The summed E-state index contributed by atoms with van der Waals surface area (Å²) >= 11 is 0. The predicted octanol–water partition coefficient (Wildman–Crippen LogP) is 4.20. The molecule has 0 unspecified atom stereocenters. The number of carbonyl (C=O) groups is 1. The number of nitrogens with one attached hydrogen (secondary N) is 1. The molecule has 0 aliphatic rings. The van der Waals surface area contributed by atoms with Gasteiger partial charge in [-0.3, -0.25) is 4.79 Å². The summed E-state index contributed by atoms with van der Waals surface area (Å²) in [5.74, 6) is 0.570. The standard InChI is InChI=1S/C21H31N5O/c1-5-13-26(14-6-2)20-16-22-19(15-23-20)21(27)24-17-9-11-18(12-10-17)25(7-3)8-4/h9-12,15-16H,5-8,13-14H2,1-4H3,(H,24,27). The molecule has 2 rings (SSSR count). The van der Waals surface area contributed by atoms with Gasteiger partial charge >= 0.3 is 0 Å². The second-order valence-corrected chi connectivity index (χ2v) is 6.42. The number of rotatable bonds is 10. The van der Waals surface area contributed by atoms with Crippen LogP contribution in [0, 0.1) is 0 Å². The Labute approximate surface area is 162 Å². The van der Waals surface area contributed by atoms with Gasteiger partial charge < -0.3 is 15.1 Å². The monoisotopic (exact) mass is 369 g/mol. The van der Waals surface area contributed by atoms with Crippen molar-refractivity contribution in [2.24, 2.45) is 0 Å². The number of benzene rings is 1. The third-order valence-electron chi connectivity index (χ3n) is 4.44. The molecular weight excluding hydrogens is 338 g/mol. The number of anilines is 3. The number of amides is 1. The van der Waals surface area contributed by atoms with Crippen molar-refractivity contribution in [2.75, 3.05) is 41.3 Å². The number of hydrogen-bond donors (Lipinski definition) is 1. The lowest BCUT2D eigenvalue weighted by atomic mass is 10.2. The molecule has 1 amide bonds. The zero-order chi connectivity index (χ0) is 19.6. The zero-order valence-corrected chi connectivity index (χ0v) is 16.9. The first kappa shape index (κ1) is 20.7. The molecule has 27 heavy (non-hydrogen) atoms. The normalized spacial score (nSPS) is 10.5. The van der Waals surface area contributed by atoms with Crippen LogP contribution in [0.15, 0.2) is 36.7 Å². The van der Waals surface area contributed by atoms with Crippen molar-refractivity contribution in [1.82, 2.24) is 9.97 Å². The van der Waals surface area contributed by atoms with E-state index in [0.29, 0.717) is 5.69 Å². The summed E-state index contributed by atoms with van der Waals surface area (Å²) in [7, 11) is 0. The van der Waals surface area contributed by atoms with Gasteiger partial charge in [-0.05, 0) is 51.0 Å². The lowest BCUT2D eigenvalue weighted by Gasteiger charge is -2.22. The van der Waals surface area contributed by atoms with E-state index in [-0.39, 0.29) is 5.91 Å². The minimum absolute atomic E-state index is 0.248. The molecule has 0 radical (unpaired) electrons. The average Bonchev–Trinajstić information content (AvgIpc) is 2.70. The molecule has 0 atom stereocenters. The van der Waals surface area contributed by atoms with Crippen molar-refractivity contribution in [3.63, 3.8) is 0 Å². The Bertz CT molecular complexity index is 690. The Morgan fingerprint density at radius 1 is 0.889 bits per heavy atom. The minimum atomic E-state index is -0.248. The predicted molar refractivity (Wildman–Crippen MR) is 113 cm³/mol. The SMILES string of the molecule is CCCN(CCC)c1cnc(C(=O)Nc2ccc(N(CC)CC)cc2)cn1. The van der Waals surface area contributed by atoms with Crippen molar-refractivity contribution < 1.29 is 4.79 Å². The molecule has 1 aromatic heterocycles. The van der Waals surface area contributed by atoms with Crippen molar-refractivity contribution in [1.29, 1.82) is 0 Å². The largest absolute Gasteiger partial charge is 0.372 e. The molecule has 0 spiro atoms. The molecule has 0 saturated heterocycles. The fraction of sp³-hybridized carbons (Fsp3) is 0.476. The Kier molecular flexibility index (Phi) is 8.04. The zero-order valence-electron chi connectivity index (χ0n) is 16.9. The van der Waals surface area contributed by atoms with E-state index in [2.05, 4.69) is 52.8 Å². The molecule has 6 heteroatoms. The van der Waals surface area contributed by atoms with Crippen molar-refractivity contribution in [3.8, 4) is 0 Å². The number of hydrogen-bond acceptors (Lipinski definition) is 5. The lowest BCUT2D eigenvalue weighted by Crippen LogP contribution is -2.26. The van der Waals surface area contributed by atoms with Gasteiger partial charge in [0.15, 0.2) is 0 Å². The molecule has 0 aliphatic heterocycles. The van der Waals surface area contributed by atoms with E-state index in [9.17, 15) is 4.79 Å². The van der Waals surface area contributed by atoms with Crippen LogP contribution in [0.3, 0.4) is 0 Å². The summed E-state index contributed by atoms with van der Waals surface area (Å²) < 4.78 is 0. The lowest BCUT2D eigenvalue weighted by molar-refractivity contribution is 0.102. The van der Waals surface area contributed by atoms with Gasteiger partial charge in [-0.25, -0.2) is 9.97 Å². The third-order valence-corrected chi connectivity index (χ3v) is 4.44. The molecule has 0 aliphatic carbocycles. The first-order chi connectivity index (χ1) is 13.1. The van der Waals surface area contributed by atoms with Crippen LogP contribution in [-0.2, 0) is 0 Å². The van der Waals surface area contributed by atoms with Gasteiger partial charge in [-0.1, -0.05) is 13.8 Å². The molecule has 1 heterocycles. The van der Waals surface area contributed by atoms with Gasteiger partial charge in [-0.15, -0.1) is 0 Å². The fourth-order valence-electron chi connectivity index (χ4n) is 3.02. The van der Waals surface area contributed by atoms with Gasteiger partial charge in [0.05, 0.1) is 12.4 Å². The number of carbonyl (C=O) groups excluding carboxylic acids is 1. The van der Waals surface area contributed by atoms with Crippen LogP contribution in [-0.4, -0.2) is 42.1 Å². The fourth-order valence-corrected chi connectivity index (χ4v) is 3.02. The van der Waals surface area contributed by atoms with Gasteiger partial charge in [0.1, 0.15) is 11.5 Å². The molecule has 2 aromatic rings. The summed E-state index contributed by atoms with van der Waals surface area (Å²) in [6, 6.07) is 7.87. The summed E-state index contributed by atoms with van der Waals surface area (Å²) in [6.07, 6.45) is 5.33. The Morgan fingerprint density at radius 2 is 1.52 bits per heavy atom. The molecule has 146 valence electrons. The molecule has 0 bridgehead atoms. The van der Waals surface area contributed by atoms with Crippen LogP contribution in [0.2, 0.25) is 0 Å². The van der Waals surface area contributed by atoms with Crippen LogP contribution in [0.25, 0.3) is 0 Å². The quantitative estimate of drug-likeness (QED) is 0.680. The van der Waals surface area contributed by atoms with E-state index in [1.165, 1.54) is 0 Å². The highest BCUT2D eigenvalue weighted by atomic mass is 16.1. The van der Waals surface area contributed by atoms with E-state index >= 15 is 0 Å². The van der Waals surface area contributed by atoms with Crippen molar-refractivity contribution in [3.05, 3.63) is 42.4 Å². The Morgan fingerprint density at radius 3 is 2.00 bits per heavy atom. The number of nitrogens with zero attached hydrogens (tertiary/aromatic N) is 4. The molecule has 1 aromatic carbocycles. The maximum absolute atomic E-state index is 12.4. The smallest absolute Gasteiger partial charge is 0.275 e. The van der Waals surface area contributed by atoms with E-state index in [4.69, 9.17) is 0 Å². The third kappa shape index (κ3) is 5.67. The van der Waals surface area contributed by atoms with Crippen LogP contribution in [0.4, 0.5) is 17.2 Å². The van der Waals surface area contributed by atoms with Crippen LogP contribution < -0.4 is 15.1 Å². The second-order valence-electron chi connectivity index (χ2n) is 6.42. The van der Waals surface area contributed by atoms with Crippen LogP contribution in [0.1, 0.15) is 51.0 Å². The summed E-state index contributed by atoms with van der Waals surface area (Å²) in [5.41, 5.74) is 2.22. The van der Waals surface area contributed by atoms with Gasteiger partial charge in [0, 0.05) is 37.6 Å². The first-order valence-corrected chi connectivity index (χ1v) is 9.86. The highest BCUT2D eigenvalue weighted by Gasteiger charge is 2.11. The topological polar surface area (TPSA) is 61.4 Å². The highest BCUT2D eigenvalue weighted by Crippen LogP contribution is 2.18. The molecule has 1 N–H and O–H groups in total. The van der Waals surface area contributed by atoms with Crippen molar-refractivity contribution in [2.45, 2.75) is 40.5 Å². The van der Waals surface area contributed by atoms with Crippen LogP contribution in [0.5, 0.6) is 0 Å². The maximum Gasteiger partial charge on any atom is 0.275 e. The summed E-state index contributed by atoms with van der Waals surface area (Å²) in [4.78, 5) is 25.6. The van der Waals surface area contributed by atoms with E-state index in [1.54, 1.807) is 12.4 Å². The molecule has 6 nitrogen and oxygen atoms in total. The Hall–Kier alpha value is -2.63. The van der Waals surface area contributed by atoms with Gasteiger partial charge in [0.2, 0.25) is 0 Å². The first-order valence-electron chi connectivity index (χ1n) is 9.86. The number of aromatic nitrogens is 2. The maximum atomic E-state index is 12.4. The Balaban J connectivity index is 2.03. The van der Waals surface area contributed by atoms with E-state index < -0.39 is 0 Å². The molecule has 0 fully saturated rings. The van der Waals surface area contributed by atoms with Crippen molar-refractivity contribution >= 4 is 23.1 Å². The van der Waals surface area contributed by atoms with Gasteiger partial charge in [-0.2, -0.15) is 0 Å². The van der Waals surface area contributed by atoms with Crippen LogP contribution >= 0.6 is 0 Å². The van der Waals surface area contributed by atoms with Gasteiger partial charge in [0.25, 0.3) is 5.91 Å². The summed E-state index contributed by atoms with van der Waals surface area (Å²) in [6.45, 7) is 12.3. The highest BCUT2D eigenvalue weighted by molar-refractivity contribution is 6.02. The summed E-state index contributed by atoms with van der Waals surface area (Å²) in [5, 5.41) is 2.89. The van der Waals surface area contributed by atoms with E-state index in [1.807, 2.05) is 24.3 Å².